The molecule has 0 bridgehead atoms. The normalized spacial score (nSPS) is 12.4. The van der Waals surface area contributed by atoms with Gasteiger partial charge in [-0.3, -0.25) is 0 Å². The Balaban J connectivity index is 2.68. The maximum Gasteiger partial charge on any atom is 0.333 e. The Morgan fingerprint density at radius 2 is 1.91 bits per heavy atom. The maximum atomic E-state index is 11.6. The first-order valence-corrected chi connectivity index (χ1v) is 6.84. The van der Waals surface area contributed by atoms with E-state index in [1.807, 2.05) is 18.2 Å². The number of aliphatic carboxylic acids is 1. The molecule has 1 unspecified atom stereocenters. The average molecular weight is 304 g/mol. The summed E-state index contributed by atoms with van der Waals surface area (Å²) >= 11 is 0. The van der Waals surface area contributed by atoms with E-state index in [0.29, 0.717) is 5.75 Å². The quantitative estimate of drug-likeness (QED) is 0.590. The second kappa shape index (κ2) is 8.67. The zero-order chi connectivity index (χ0) is 16.5. The second-order valence-electron chi connectivity index (χ2n) is 4.86. The van der Waals surface area contributed by atoms with Crippen LogP contribution in [-0.2, 0) is 14.3 Å². The first-order valence-electron chi connectivity index (χ1n) is 6.84. The van der Waals surface area contributed by atoms with Crippen molar-refractivity contribution in [1.29, 1.82) is 0 Å². The molecule has 0 aromatic heterocycles. The van der Waals surface area contributed by atoms with Gasteiger partial charge in [0.1, 0.15) is 18.5 Å². The number of ether oxygens (including phenoxy) is 2. The van der Waals surface area contributed by atoms with Gasteiger partial charge in [0, 0.05) is 17.6 Å². The van der Waals surface area contributed by atoms with Gasteiger partial charge in [-0.25, -0.2) is 9.59 Å². The molecule has 0 aliphatic rings. The lowest BCUT2D eigenvalue weighted by atomic mass is 10.2. The lowest BCUT2D eigenvalue weighted by molar-refractivity contribution is -0.145. The van der Waals surface area contributed by atoms with Crippen LogP contribution in [0.4, 0.5) is 0 Å². The van der Waals surface area contributed by atoms with Crippen LogP contribution < -0.4 is 4.74 Å². The lowest BCUT2D eigenvalue weighted by Gasteiger charge is -2.17. The van der Waals surface area contributed by atoms with Gasteiger partial charge < -0.3 is 14.6 Å². The van der Waals surface area contributed by atoms with Gasteiger partial charge >= 0.3 is 11.9 Å². The molecule has 0 amide bonds. The Bertz CT molecular complexity index is 560. The van der Waals surface area contributed by atoms with Gasteiger partial charge in [0.2, 0.25) is 0 Å². The van der Waals surface area contributed by atoms with Crippen molar-refractivity contribution < 1.29 is 24.2 Å². The van der Waals surface area contributed by atoms with Crippen molar-refractivity contribution in [3.05, 3.63) is 54.1 Å². The van der Waals surface area contributed by atoms with Crippen LogP contribution >= 0.6 is 0 Å². The van der Waals surface area contributed by atoms with E-state index in [-0.39, 0.29) is 24.2 Å². The average Bonchev–Trinajstić information content (AvgIpc) is 2.50. The van der Waals surface area contributed by atoms with Gasteiger partial charge in [0.25, 0.3) is 0 Å². The number of hydrogen-bond donors (Lipinski definition) is 1. The molecule has 1 rings (SSSR count). The number of carbonyl (C=O) groups is 2. The maximum absolute atomic E-state index is 11.6. The molecule has 0 saturated heterocycles. The van der Waals surface area contributed by atoms with Crippen LogP contribution in [0.3, 0.4) is 0 Å². The summed E-state index contributed by atoms with van der Waals surface area (Å²) in [5, 5.41) is 8.85. The van der Waals surface area contributed by atoms with Crippen LogP contribution in [0.5, 0.6) is 5.75 Å². The van der Waals surface area contributed by atoms with Gasteiger partial charge in [-0.05, 0) is 26.0 Å². The van der Waals surface area contributed by atoms with Crippen LogP contribution in [0, 0.1) is 0 Å². The first-order chi connectivity index (χ1) is 10.4. The molecule has 22 heavy (non-hydrogen) atoms. The minimum Gasteiger partial charge on any atom is -0.490 e. The van der Waals surface area contributed by atoms with E-state index in [1.54, 1.807) is 19.1 Å². The predicted octanol–water partition coefficient (Wildman–Crippen LogP) is 2.97. The van der Waals surface area contributed by atoms with Crippen molar-refractivity contribution in [2.75, 3.05) is 6.61 Å². The summed E-state index contributed by atoms with van der Waals surface area (Å²) in [6.07, 6.45) is 1.18. The first kappa shape index (κ1) is 17.5. The Labute approximate surface area is 129 Å². The molecule has 0 aliphatic heterocycles. The zero-order valence-electron chi connectivity index (χ0n) is 12.7. The van der Waals surface area contributed by atoms with E-state index < -0.39 is 18.0 Å². The fraction of sp³-hybridized carbons (Fsp3) is 0.294. The summed E-state index contributed by atoms with van der Waals surface area (Å²) in [5.74, 6) is -0.880. The molecular weight excluding hydrogens is 284 g/mol. The summed E-state index contributed by atoms with van der Waals surface area (Å²) in [4.78, 5) is 22.4. The highest BCUT2D eigenvalue weighted by molar-refractivity contribution is 5.87. The SMILES string of the molecule is C=C(C)C(=O)OC(CC=C(C)C(=O)O)COc1ccccc1. The highest BCUT2D eigenvalue weighted by Crippen LogP contribution is 2.12. The van der Waals surface area contributed by atoms with Gasteiger partial charge in [-0.1, -0.05) is 30.9 Å². The van der Waals surface area contributed by atoms with Crippen LogP contribution in [0.25, 0.3) is 0 Å². The fourth-order valence-electron chi connectivity index (χ4n) is 1.50. The summed E-state index contributed by atoms with van der Waals surface area (Å²) in [6, 6.07) is 9.10. The zero-order valence-corrected chi connectivity index (χ0v) is 12.7. The van der Waals surface area contributed by atoms with Gasteiger partial charge in [0.05, 0.1) is 0 Å². The molecule has 0 saturated carbocycles. The number of esters is 1. The highest BCUT2D eigenvalue weighted by atomic mass is 16.6. The molecular formula is C17H20O5. The third-order valence-electron chi connectivity index (χ3n) is 2.83. The number of hydrogen-bond acceptors (Lipinski definition) is 4. The van der Waals surface area contributed by atoms with Crippen molar-refractivity contribution in [2.24, 2.45) is 0 Å². The van der Waals surface area contributed by atoms with Crippen molar-refractivity contribution in [3.8, 4) is 5.75 Å². The molecule has 5 nitrogen and oxygen atoms in total. The Hall–Kier alpha value is -2.56. The topological polar surface area (TPSA) is 72.8 Å². The molecule has 1 N–H and O–H groups in total. The number of carbonyl (C=O) groups excluding carboxylic acids is 1. The van der Waals surface area contributed by atoms with E-state index in [9.17, 15) is 9.59 Å². The molecule has 1 aromatic carbocycles. The Morgan fingerprint density at radius 3 is 2.45 bits per heavy atom. The van der Waals surface area contributed by atoms with Crippen LogP contribution in [0.15, 0.2) is 54.1 Å². The summed E-state index contributed by atoms with van der Waals surface area (Å²) in [5.41, 5.74) is 0.472. The monoisotopic (exact) mass is 304 g/mol. The standard InChI is InChI=1S/C17H20O5/c1-12(2)17(20)22-15(10-9-13(3)16(18)19)11-21-14-7-5-4-6-8-14/h4-9,15H,1,10-11H2,2-3H3,(H,18,19). The van der Waals surface area contributed by atoms with E-state index in [1.165, 1.54) is 13.0 Å². The molecule has 0 aliphatic carbocycles. The van der Waals surface area contributed by atoms with E-state index in [2.05, 4.69) is 6.58 Å². The Kier molecular flexibility index (Phi) is 6.89. The summed E-state index contributed by atoms with van der Waals surface area (Å²) in [7, 11) is 0. The molecule has 0 radical (unpaired) electrons. The van der Waals surface area contributed by atoms with E-state index in [4.69, 9.17) is 14.6 Å². The van der Waals surface area contributed by atoms with Crippen molar-refractivity contribution >= 4 is 11.9 Å². The molecule has 0 fully saturated rings. The van der Waals surface area contributed by atoms with Crippen molar-refractivity contribution in [1.82, 2.24) is 0 Å². The summed E-state index contributed by atoms with van der Waals surface area (Å²) in [6.45, 7) is 6.69. The minimum atomic E-state index is -1.01. The van der Waals surface area contributed by atoms with Gasteiger partial charge in [0.15, 0.2) is 0 Å². The molecule has 1 atom stereocenters. The lowest BCUT2D eigenvalue weighted by Crippen LogP contribution is -2.25. The highest BCUT2D eigenvalue weighted by Gasteiger charge is 2.16. The number of para-hydroxylation sites is 1. The van der Waals surface area contributed by atoms with Gasteiger partial charge in [-0.2, -0.15) is 0 Å². The van der Waals surface area contributed by atoms with Crippen molar-refractivity contribution in [2.45, 2.75) is 26.4 Å². The van der Waals surface area contributed by atoms with Crippen LogP contribution in [0.2, 0.25) is 0 Å². The summed E-state index contributed by atoms with van der Waals surface area (Å²) < 4.78 is 10.8. The number of carboxylic acid groups (broad SMARTS) is 1. The van der Waals surface area contributed by atoms with E-state index >= 15 is 0 Å². The van der Waals surface area contributed by atoms with Gasteiger partial charge in [-0.15, -0.1) is 0 Å². The number of carboxylic acids is 1. The van der Waals surface area contributed by atoms with Crippen LogP contribution in [0.1, 0.15) is 20.3 Å². The smallest absolute Gasteiger partial charge is 0.333 e. The molecule has 0 heterocycles. The largest absolute Gasteiger partial charge is 0.490 e. The van der Waals surface area contributed by atoms with E-state index in [0.717, 1.165) is 0 Å². The number of rotatable bonds is 8. The molecule has 1 aromatic rings. The molecule has 5 heteroatoms. The predicted molar refractivity (Wildman–Crippen MR) is 82.6 cm³/mol. The van der Waals surface area contributed by atoms with Crippen molar-refractivity contribution in [3.63, 3.8) is 0 Å². The Morgan fingerprint density at radius 1 is 1.27 bits per heavy atom. The third kappa shape index (κ3) is 6.26. The molecule has 118 valence electrons. The number of benzene rings is 1. The minimum absolute atomic E-state index is 0.131. The fourth-order valence-corrected chi connectivity index (χ4v) is 1.50. The van der Waals surface area contributed by atoms with Crippen LogP contribution in [-0.4, -0.2) is 29.8 Å². The second-order valence-corrected chi connectivity index (χ2v) is 4.86. The molecule has 0 spiro atoms. The third-order valence-corrected chi connectivity index (χ3v) is 2.83.